The van der Waals surface area contributed by atoms with Crippen LogP contribution in [0.1, 0.15) is 86.9 Å². The lowest BCUT2D eigenvalue weighted by Crippen LogP contribution is -2.48. The van der Waals surface area contributed by atoms with Crippen LogP contribution in [-0.4, -0.2) is 10.5 Å². The number of carboxylic acids is 1. The first-order valence-electron chi connectivity index (χ1n) is 8.10. The lowest BCUT2D eigenvalue weighted by Gasteiger charge is -2.23. The van der Waals surface area contributed by atoms with E-state index in [1.165, 1.54) is 38.5 Å². The van der Waals surface area contributed by atoms with Gasteiger partial charge in [-0.05, 0) is 51.4 Å². The van der Waals surface area contributed by atoms with Gasteiger partial charge in [-0.3, -0.25) is 0 Å². The van der Waals surface area contributed by atoms with Crippen molar-refractivity contribution in [3.8, 4) is 0 Å². The van der Waals surface area contributed by atoms with Gasteiger partial charge in [-0.2, -0.15) is 0 Å². The van der Waals surface area contributed by atoms with Gasteiger partial charge in [0.1, 0.15) is 24.5 Å². The van der Waals surface area contributed by atoms with Gasteiger partial charge in [0.25, 0.3) is 0 Å². The van der Waals surface area contributed by atoms with Crippen LogP contribution in [0.2, 0.25) is 0 Å². The van der Waals surface area contributed by atoms with E-state index in [0.29, 0.717) is 17.9 Å². The molecule has 1 heterocycles. The number of imidazole rings is 1. The summed E-state index contributed by atoms with van der Waals surface area (Å²) >= 11 is 0. The minimum absolute atomic E-state index is 0.349. The van der Waals surface area contributed by atoms with E-state index in [-0.39, 0.29) is 0 Å². The number of hydrogen-bond acceptors (Lipinski definition) is 2. The molecule has 0 aliphatic heterocycles. The molecule has 2 aliphatic carbocycles. The second-order valence-electron chi connectivity index (χ2n) is 6.31. The van der Waals surface area contributed by atoms with Crippen molar-refractivity contribution in [2.24, 2.45) is 0 Å². The van der Waals surface area contributed by atoms with Crippen LogP contribution >= 0.6 is 0 Å². The number of carbonyl (C=O) groups is 1. The zero-order valence-corrected chi connectivity index (χ0v) is 12.1. The van der Waals surface area contributed by atoms with Crippen LogP contribution in [0.25, 0.3) is 0 Å². The molecule has 110 valence electrons. The van der Waals surface area contributed by atoms with Gasteiger partial charge < -0.3 is 9.90 Å². The predicted molar refractivity (Wildman–Crippen MR) is 73.2 cm³/mol. The smallest absolute Gasteiger partial charge is 0.305 e. The SMILES string of the molecule is O=C([O-])c1n(C2CCCCC2)cc[n+]1C1CCCCC1. The van der Waals surface area contributed by atoms with Crippen molar-refractivity contribution in [2.75, 3.05) is 0 Å². The lowest BCUT2D eigenvalue weighted by molar-refractivity contribution is -0.729. The molecule has 0 spiro atoms. The Bertz CT molecular complexity index is 433. The molecule has 0 unspecified atom stereocenters. The number of hydrogen-bond donors (Lipinski definition) is 0. The lowest BCUT2D eigenvalue weighted by atomic mass is 9.95. The second kappa shape index (κ2) is 5.98. The Morgan fingerprint density at radius 2 is 1.65 bits per heavy atom. The van der Waals surface area contributed by atoms with E-state index in [4.69, 9.17) is 0 Å². The van der Waals surface area contributed by atoms with Gasteiger partial charge in [0.15, 0.2) is 5.97 Å². The second-order valence-corrected chi connectivity index (χ2v) is 6.31. The van der Waals surface area contributed by atoms with Gasteiger partial charge in [-0.25, -0.2) is 9.13 Å². The largest absolute Gasteiger partial charge is 0.538 e. The summed E-state index contributed by atoms with van der Waals surface area (Å²) in [6.45, 7) is 0. The van der Waals surface area contributed by atoms with Crippen LogP contribution in [0.4, 0.5) is 0 Å². The third-order valence-corrected chi connectivity index (χ3v) is 5.00. The summed E-state index contributed by atoms with van der Waals surface area (Å²) in [5.74, 6) is -0.630. The fourth-order valence-corrected chi connectivity index (χ4v) is 3.94. The average molecular weight is 276 g/mol. The van der Waals surface area contributed by atoms with Crippen LogP contribution in [-0.2, 0) is 0 Å². The van der Waals surface area contributed by atoms with Crippen molar-refractivity contribution in [3.63, 3.8) is 0 Å². The number of nitrogens with zero attached hydrogens (tertiary/aromatic N) is 2. The number of aromatic nitrogens is 2. The standard InChI is InChI=1S/C16H24N2O2/c19-16(20)15-17(13-7-3-1-4-8-13)11-12-18(15)14-9-5-2-6-10-14/h11-14H,1-10H2. The van der Waals surface area contributed by atoms with Gasteiger partial charge in [-0.15, -0.1) is 0 Å². The molecule has 0 N–H and O–H groups in total. The summed E-state index contributed by atoms with van der Waals surface area (Å²) in [7, 11) is 0. The van der Waals surface area contributed by atoms with Crippen molar-refractivity contribution >= 4 is 5.97 Å². The maximum atomic E-state index is 11.6. The molecule has 2 aliphatic rings. The van der Waals surface area contributed by atoms with E-state index >= 15 is 0 Å². The van der Waals surface area contributed by atoms with E-state index in [1.807, 2.05) is 21.5 Å². The van der Waals surface area contributed by atoms with Gasteiger partial charge in [-0.1, -0.05) is 12.8 Å². The molecule has 2 saturated carbocycles. The van der Waals surface area contributed by atoms with Crippen LogP contribution in [0.5, 0.6) is 0 Å². The Morgan fingerprint density at radius 1 is 1.05 bits per heavy atom. The van der Waals surface area contributed by atoms with Crippen molar-refractivity contribution < 1.29 is 14.5 Å². The summed E-state index contributed by atoms with van der Waals surface area (Å²) in [6.07, 6.45) is 15.7. The maximum absolute atomic E-state index is 11.6. The topological polar surface area (TPSA) is 48.9 Å². The van der Waals surface area contributed by atoms with Crippen LogP contribution < -0.4 is 9.67 Å². The molecule has 0 bridgehead atoms. The van der Waals surface area contributed by atoms with Gasteiger partial charge >= 0.3 is 5.82 Å². The number of carboxylic acid groups (broad SMARTS) is 1. The van der Waals surface area contributed by atoms with Crippen molar-refractivity contribution in [3.05, 3.63) is 18.2 Å². The third-order valence-electron chi connectivity index (χ3n) is 5.00. The summed E-state index contributed by atoms with van der Waals surface area (Å²) < 4.78 is 3.95. The molecule has 2 fully saturated rings. The molecule has 0 aromatic carbocycles. The number of aromatic carboxylic acids is 1. The molecule has 0 radical (unpaired) electrons. The Hall–Kier alpha value is -1.32. The van der Waals surface area contributed by atoms with Crippen molar-refractivity contribution in [1.82, 2.24) is 4.57 Å². The Morgan fingerprint density at radius 3 is 2.25 bits per heavy atom. The van der Waals surface area contributed by atoms with Gasteiger partial charge in [0.2, 0.25) is 0 Å². The molecule has 4 heteroatoms. The third kappa shape index (κ3) is 2.60. The summed E-state index contributed by atoms with van der Waals surface area (Å²) in [4.78, 5) is 11.6. The minimum atomic E-state index is -1.02. The molecule has 1 aromatic heterocycles. The van der Waals surface area contributed by atoms with Crippen molar-refractivity contribution in [2.45, 2.75) is 76.3 Å². The first-order chi connectivity index (χ1) is 9.77. The Balaban J connectivity index is 1.90. The van der Waals surface area contributed by atoms with Gasteiger partial charge in [0.05, 0.1) is 0 Å². The quantitative estimate of drug-likeness (QED) is 0.794. The zero-order chi connectivity index (χ0) is 13.9. The maximum Gasteiger partial charge on any atom is 0.305 e. The highest BCUT2D eigenvalue weighted by atomic mass is 16.4. The molecule has 0 atom stereocenters. The molecular weight excluding hydrogens is 252 g/mol. The molecule has 1 aromatic rings. The van der Waals surface area contributed by atoms with Crippen LogP contribution in [0.15, 0.2) is 12.4 Å². The fourth-order valence-electron chi connectivity index (χ4n) is 3.94. The Kier molecular flexibility index (Phi) is 4.08. The first kappa shape index (κ1) is 13.7. The van der Waals surface area contributed by atoms with E-state index in [9.17, 15) is 9.90 Å². The summed E-state index contributed by atoms with van der Waals surface area (Å²) in [6, 6.07) is 0.697. The fraction of sp³-hybridized carbons (Fsp3) is 0.750. The molecule has 3 rings (SSSR count). The van der Waals surface area contributed by atoms with E-state index in [2.05, 4.69) is 0 Å². The highest BCUT2D eigenvalue weighted by Crippen LogP contribution is 2.30. The normalized spacial score (nSPS) is 22.0. The summed E-state index contributed by atoms with van der Waals surface area (Å²) in [5.41, 5.74) is 0. The zero-order valence-electron chi connectivity index (χ0n) is 12.1. The van der Waals surface area contributed by atoms with E-state index in [0.717, 1.165) is 25.7 Å². The highest BCUT2D eigenvalue weighted by Gasteiger charge is 2.30. The molecule has 0 saturated heterocycles. The van der Waals surface area contributed by atoms with E-state index in [1.54, 1.807) is 0 Å². The monoisotopic (exact) mass is 276 g/mol. The minimum Gasteiger partial charge on any atom is -0.538 e. The van der Waals surface area contributed by atoms with Crippen LogP contribution in [0.3, 0.4) is 0 Å². The number of rotatable bonds is 3. The molecule has 20 heavy (non-hydrogen) atoms. The molecule has 4 nitrogen and oxygen atoms in total. The summed E-state index contributed by atoms with van der Waals surface area (Å²) in [5, 5.41) is 11.6. The van der Waals surface area contributed by atoms with Crippen LogP contribution in [0, 0.1) is 0 Å². The molecule has 0 amide bonds. The molecular formula is C16H24N2O2. The van der Waals surface area contributed by atoms with Crippen molar-refractivity contribution in [1.29, 1.82) is 0 Å². The highest BCUT2D eigenvalue weighted by molar-refractivity contribution is 5.79. The first-order valence-corrected chi connectivity index (χ1v) is 8.10. The predicted octanol–water partition coefficient (Wildman–Crippen LogP) is 2.15. The van der Waals surface area contributed by atoms with Gasteiger partial charge in [0, 0.05) is 0 Å². The van der Waals surface area contributed by atoms with E-state index < -0.39 is 5.97 Å². The Labute approximate surface area is 120 Å². The average Bonchev–Trinajstić information content (AvgIpc) is 2.94. The number of carbonyl (C=O) groups excluding carboxylic acids is 1.